The van der Waals surface area contributed by atoms with Crippen LogP contribution in [0.15, 0.2) is 12.1 Å². The van der Waals surface area contributed by atoms with Gasteiger partial charge in [0.15, 0.2) is 0 Å². The van der Waals surface area contributed by atoms with E-state index < -0.39 is 12.0 Å². The average molecular weight is 331 g/mol. The predicted molar refractivity (Wildman–Crippen MR) is 82.1 cm³/mol. The van der Waals surface area contributed by atoms with E-state index in [1.54, 1.807) is 17.0 Å². The molecule has 1 aliphatic rings. The molecule has 114 valence electrons. The lowest BCUT2D eigenvalue weighted by Gasteiger charge is -2.20. The molecule has 1 fully saturated rings. The summed E-state index contributed by atoms with van der Waals surface area (Å²) in [5.41, 5.74) is 1.18. The minimum atomic E-state index is -0.896. The van der Waals surface area contributed by atoms with Gasteiger partial charge in [0.1, 0.15) is 6.04 Å². The van der Waals surface area contributed by atoms with E-state index in [1.165, 1.54) is 0 Å². The number of likely N-dealkylation sites (tertiary alicyclic amines) is 1. The molecular formula is C14H16Cl2N2O3. The molecule has 7 heteroatoms. The second-order valence-corrected chi connectivity index (χ2v) is 5.85. The van der Waals surface area contributed by atoms with Crippen molar-refractivity contribution in [3.05, 3.63) is 27.7 Å². The third-order valence-corrected chi connectivity index (χ3v) is 4.35. The molecule has 1 aromatic rings. The number of rotatable bonds is 4. The number of hydrogen-bond acceptors (Lipinski definition) is 3. The Kier molecular flexibility index (Phi) is 5.08. The Morgan fingerprint density at radius 3 is 2.81 bits per heavy atom. The molecule has 1 atom stereocenters. The highest BCUT2D eigenvalue weighted by molar-refractivity contribution is 6.40. The SMILES string of the molecule is Cc1ccc(Cl)c(NC(=O)CN2CCCC2C(=O)O)c1Cl. The number of carboxylic acid groups (broad SMARTS) is 1. The molecule has 1 heterocycles. The van der Waals surface area contributed by atoms with Gasteiger partial charge in [0.05, 0.1) is 22.3 Å². The Hall–Kier alpha value is -1.30. The average Bonchev–Trinajstić information content (AvgIpc) is 2.87. The number of carbonyl (C=O) groups excluding carboxylic acids is 1. The lowest BCUT2D eigenvalue weighted by Crippen LogP contribution is -2.41. The van der Waals surface area contributed by atoms with E-state index in [-0.39, 0.29) is 12.5 Å². The van der Waals surface area contributed by atoms with Crippen molar-refractivity contribution >= 4 is 40.8 Å². The van der Waals surface area contributed by atoms with Crippen LogP contribution in [0.1, 0.15) is 18.4 Å². The van der Waals surface area contributed by atoms with Gasteiger partial charge in [0.2, 0.25) is 5.91 Å². The van der Waals surface area contributed by atoms with Crippen molar-refractivity contribution < 1.29 is 14.7 Å². The molecule has 1 amide bonds. The van der Waals surface area contributed by atoms with Crippen molar-refractivity contribution in [3.63, 3.8) is 0 Å². The van der Waals surface area contributed by atoms with Crippen LogP contribution in [0.2, 0.25) is 10.0 Å². The monoisotopic (exact) mass is 330 g/mol. The summed E-state index contributed by atoms with van der Waals surface area (Å²) in [6, 6.07) is 2.83. The number of carboxylic acids is 1. The Bertz CT molecular complexity index is 578. The molecular weight excluding hydrogens is 315 g/mol. The standard InChI is InChI=1S/C14H16Cl2N2O3/c1-8-4-5-9(15)13(12(8)16)17-11(19)7-18-6-2-3-10(18)14(20)21/h4-5,10H,2-3,6-7H2,1H3,(H,17,19)(H,20,21). The van der Waals surface area contributed by atoms with Gasteiger partial charge in [-0.2, -0.15) is 0 Å². The molecule has 0 aliphatic carbocycles. The molecule has 21 heavy (non-hydrogen) atoms. The second-order valence-electron chi connectivity index (χ2n) is 5.07. The molecule has 0 spiro atoms. The highest BCUT2D eigenvalue weighted by Crippen LogP contribution is 2.32. The maximum Gasteiger partial charge on any atom is 0.320 e. The first-order chi connectivity index (χ1) is 9.90. The minimum Gasteiger partial charge on any atom is -0.480 e. The van der Waals surface area contributed by atoms with E-state index >= 15 is 0 Å². The van der Waals surface area contributed by atoms with Gasteiger partial charge in [0, 0.05) is 0 Å². The van der Waals surface area contributed by atoms with Crippen LogP contribution in [0.25, 0.3) is 0 Å². The van der Waals surface area contributed by atoms with E-state index in [0.717, 1.165) is 12.0 Å². The minimum absolute atomic E-state index is 0.0115. The molecule has 1 aromatic carbocycles. The van der Waals surface area contributed by atoms with Gasteiger partial charge in [-0.05, 0) is 37.9 Å². The van der Waals surface area contributed by atoms with Gasteiger partial charge < -0.3 is 10.4 Å². The zero-order chi connectivity index (χ0) is 15.6. The highest BCUT2D eigenvalue weighted by Gasteiger charge is 2.31. The number of hydrogen-bond donors (Lipinski definition) is 2. The Morgan fingerprint density at radius 1 is 1.43 bits per heavy atom. The summed E-state index contributed by atoms with van der Waals surface area (Å²) in [6.07, 6.45) is 1.34. The fourth-order valence-corrected chi connectivity index (χ4v) is 2.89. The molecule has 1 saturated heterocycles. The Labute approximate surface area is 132 Å². The summed E-state index contributed by atoms with van der Waals surface area (Å²) in [5.74, 6) is -1.22. The van der Waals surface area contributed by atoms with Crippen molar-refractivity contribution in [2.75, 3.05) is 18.4 Å². The van der Waals surface area contributed by atoms with Gasteiger partial charge >= 0.3 is 5.97 Å². The number of benzene rings is 1. The third kappa shape index (κ3) is 3.67. The largest absolute Gasteiger partial charge is 0.480 e. The molecule has 5 nitrogen and oxygen atoms in total. The Balaban J connectivity index is 2.06. The number of halogens is 2. The van der Waals surface area contributed by atoms with Gasteiger partial charge in [-0.25, -0.2) is 0 Å². The molecule has 0 radical (unpaired) electrons. The topological polar surface area (TPSA) is 69.6 Å². The molecule has 1 aliphatic heterocycles. The van der Waals surface area contributed by atoms with Crippen molar-refractivity contribution in [1.29, 1.82) is 0 Å². The quantitative estimate of drug-likeness (QED) is 0.890. The first-order valence-electron chi connectivity index (χ1n) is 6.61. The van der Waals surface area contributed by atoms with E-state index in [2.05, 4.69) is 5.32 Å². The summed E-state index contributed by atoms with van der Waals surface area (Å²) in [7, 11) is 0. The van der Waals surface area contributed by atoms with Crippen LogP contribution in [0.3, 0.4) is 0 Å². The van der Waals surface area contributed by atoms with E-state index in [0.29, 0.717) is 28.7 Å². The van der Waals surface area contributed by atoms with Crippen molar-refractivity contribution in [2.45, 2.75) is 25.8 Å². The van der Waals surface area contributed by atoms with Crippen LogP contribution in [-0.2, 0) is 9.59 Å². The number of anilines is 1. The third-order valence-electron chi connectivity index (χ3n) is 3.54. The summed E-state index contributed by atoms with van der Waals surface area (Å²) in [6.45, 7) is 2.42. The molecule has 2 N–H and O–H groups in total. The summed E-state index contributed by atoms with van der Waals surface area (Å²) in [5, 5.41) is 12.5. The van der Waals surface area contributed by atoms with Gasteiger partial charge in [-0.3, -0.25) is 14.5 Å². The molecule has 1 unspecified atom stereocenters. The maximum absolute atomic E-state index is 12.1. The van der Waals surface area contributed by atoms with Crippen molar-refractivity contribution in [3.8, 4) is 0 Å². The molecule has 0 aromatic heterocycles. The molecule has 2 rings (SSSR count). The highest BCUT2D eigenvalue weighted by atomic mass is 35.5. The van der Waals surface area contributed by atoms with E-state index in [9.17, 15) is 9.59 Å². The predicted octanol–water partition coefficient (Wildman–Crippen LogP) is 2.79. The van der Waals surface area contributed by atoms with Crippen LogP contribution in [0.5, 0.6) is 0 Å². The van der Waals surface area contributed by atoms with Crippen LogP contribution >= 0.6 is 23.2 Å². The van der Waals surface area contributed by atoms with E-state index in [1.807, 2.05) is 6.92 Å². The fourth-order valence-electron chi connectivity index (χ4n) is 2.43. The number of amides is 1. The van der Waals surface area contributed by atoms with Crippen LogP contribution in [0.4, 0.5) is 5.69 Å². The van der Waals surface area contributed by atoms with E-state index in [4.69, 9.17) is 28.3 Å². The zero-order valence-electron chi connectivity index (χ0n) is 11.5. The van der Waals surface area contributed by atoms with Crippen LogP contribution in [0, 0.1) is 6.92 Å². The zero-order valence-corrected chi connectivity index (χ0v) is 13.0. The number of carbonyl (C=O) groups is 2. The summed E-state index contributed by atoms with van der Waals surface area (Å²) >= 11 is 12.2. The first kappa shape index (κ1) is 16.1. The Morgan fingerprint density at radius 2 is 2.14 bits per heavy atom. The van der Waals surface area contributed by atoms with Crippen molar-refractivity contribution in [2.24, 2.45) is 0 Å². The number of aliphatic carboxylic acids is 1. The molecule has 0 bridgehead atoms. The number of aryl methyl sites for hydroxylation is 1. The normalized spacial score (nSPS) is 18.7. The smallest absolute Gasteiger partial charge is 0.320 e. The number of nitrogens with zero attached hydrogens (tertiary/aromatic N) is 1. The summed E-state index contributed by atoms with van der Waals surface area (Å²) < 4.78 is 0. The van der Waals surface area contributed by atoms with Crippen LogP contribution in [-0.4, -0.2) is 41.0 Å². The van der Waals surface area contributed by atoms with Gasteiger partial charge in [-0.1, -0.05) is 29.3 Å². The second kappa shape index (κ2) is 6.64. The van der Waals surface area contributed by atoms with Gasteiger partial charge in [-0.15, -0.1) is 0 Å². The first-order valence-corrected chi connectivity index (χ1v) is 7.37. The lowest BCUT2D eigenvalue weighted by atomic mass is 10.2. The van der Waals surface area contributed by atoms with Crippen molar-refractivity contribution in [1.82, 2.24) is 4.90 Å². The fraction of sp³-hybridized carbons (Fsp3) is 0.429. The number of nitrogens with one attached hydrogen (secondary N) is 1. The maximum atomic E-state index is 12.1. The molecule has 0 saturated carbocycles. The lowest BCUT2D eigenvalue weighted by molar-refractivity contribution is -0.142. The summed E-state index contributed by atoms with van der Waals surface area (Å²) in [4.78, 5) is 24.8. The van der Waals surface area contributed by atoms with Gasteiger partial charge in [0.25, 0.3) is 0 Å². The van der Waals surface area contributed by atoms with Crippen LogP contribution < -0.4 is 5.32 Å².